The second-order valence-corrected chi connectivity index (χ2v) is 4.39. The van der Waals surface area contributed by atoms with Crippen LogP contribution in [-0.2, 0) is 0 Å². The van der Waals surface area contributed by atoms with Crippen LogP contribution < -0.4 is 10.1 Å². The van der Waals surface area contributed by atoms with Gasteiger partial charge in [-0.1, -0.05) is 12.1 Å². The van der Waals surface area contributed by atoms with E-state index in [2.05, 4.69) is 15.6 Å². The van der Waals surface area contributed by atoms with Crippen molar-refractivity contribution in [3.8, 4) is 11.4 Å². The van der Waals surface area contributed by atoms with Crippen LogP contribution in [0.25, 0.3) is 5.69 Å². The first-order valence-corrected chi connectivity index (χ1v) is 6.52. The van der Waals surface area contributed by atoms with E-state index in [1.807, 2.05) is 38.1 Å². The summed E-state index contributed by atoms with van der Waals surface area (Å²) in [5.41, 5.74) is 1.91. The first kappa shape index (κ1) is 14.0. The number of methoxy groups -OCH3 is 1. The number of ether oxygens (including phenoxy) is 1. The van der Waals surface area contributed by atoms with Gasteiger partial charge in [-0.3, -0.25) is 4.79 Å². The fourth-order valence-electron chi connectivity index (χ4n) is 1.83. The molecule has 0 fully saturated rings. The molecule has 2 rings (SSSR count). The van der Waals surface area contributed by atoms with Crippen molar-refractivity contribution in [1.82, 2.24) is 20.3 Å². The van der Waals surface area contributed by atoms with Gasteiger partial charge in [-0.15, -0.1) is 5.10 Å². The SMILES string of the molecule is CCCNC(=O)c1nnn(-c2ccc(OC)cc2)c1C. The lowest BCUT2D eigenvalue weighted by atomic mass is 10.2. The number of carbonyl (C=O) groups is 1. The Morgan fingerprint density at radius 2 is 2.05 bits per heavy atom. The van der Waals surface area contributed by atoms with Crippen molar-refractivity contribution in [2.24, 2.45) is 0 Å². The van der Waals surface area contributed by atoms with Crippen LogP contribution in [0.2, 0.25) is 0 Å². The summed E-state index contributed by atoms with van der Waals surface area (Å²) in [6.45, 7) is 4.46. The first-order chi connectivity index (χ1) is 9.67. The molecule has 1 aromatic carbocycles. The van der Waals surface area contributed by atoms with Crippen molar-refractivity contribution in [1.29, 1.82) is 0 Å². The Hall–Kier alpha value is -2.37. The van der Waals surface area contributed by atoms with Gasteiger partial charge in [-0.05, 0) is 37.6 Å². The van der Waals surface area contributed by atoms with E-state index in [9.17, 15) is 4.79 Å². The monoisotopic (exact) mass is 274 g/mol. The van der Waals surface area contributed by atoms with Crippen molar-refractivity contribution in [3.63, 3.8) is 0 Å². The van der Waals surface area contributed by atoms with Gasteiger partial charge in [0.1, 0.15) is 5.75 Å². The van der Waals surface area contributed by atoms with E-state index in [4.69, 9.17) is 4.74 Å². The Morgan fingerprint density at radius 1 is 1.35 bits per heavy atom. The van der Waals surface area contributed by atoms with Gasteiger partial charge < -0.3 is 10.1 Å². The lowest BCUT2D eigenvalue weighted by Crippen LogP contribution is -2.25. The van der Waals surface area contributed by atoms with E-state index in [0.717, 1.165) is 17.9 Å². The molecule has 0 aliphatic carbocycles. The number of rotatable bonds is 5. The number of carbonyl (C=O) groups excluding carboxylic acids is 1. The number of benzene rings is 1. The van der Waals surface area contributed by atoms with Crippen molar-refractivity contribution < 1.29 is 9.53 Å². The molecule has 1 aromatic heterocycles. The molecular weight excluding hydrogens is 256 g/mol. The fourth-order valence-corrected chi connectivity index (χ4v) is 1.83. The maximum atomic E-state index is 11.9. The van der Waals surface area contributed by atoms with Gasteiger partial charge in [-0.25, -0.2) is 4.68 Å². The highest BCUT2D eigenvalue weighted by Crippen LogP contribution is 2.16. The van der Waals surface area contributed by atoms with Gasteiger partial charge in [-0.2, -0.15) is 0 Å². The molecule has 20 heavy (non-hydrogen) atoms. The van der Waals surface area contributed by atoms with Crippen molar-refractivity contribution in [2.45, 2.75) is 20.3 Å². The van der Waals surface area contributed by atoms with Crippen LogP contribution >= 0.6 is 0 Å². The summed E-state index contributed by atoms with van der Waals surface area (Å²) in [7, 11) is 1.62. The molecule has 2 aromatic rings. The zero-order valence-corrected chi connectivity index (χ0v) is 11.9. The minimum Gasteiger partial charge on any atom is -0.497 e. The highest BCUT2D eigenvalue weighted by molar-refractivity contribution is 5.93. The van der Waals surface area contributed by atoms with Crippen LogP contribution in [0.15, 0.2) is 24.3 Å². The van der Waals surface area contributed by atoms with Crippen LogP contribution in [0.3, 0.4) is 0 Å². The molecule has 0 bridgehead atoms. The molecule has 106 valence electrons. The highest BCUT2D eigenvalue weighted by Gasteiger charge is 2.16. The van der Waals surface area contributed by atoms with E-state index >= 15 is 0 Å². The zero-order chi connectivity index (χ0) is 14.5. The summed E-state index contributed by atoms with van der Waals surface area (Å²) in [5, 5.41) is 10.8. The molecule has 0 saturated heterocycles. The minimum atomic E-state index is -0.191. The largest absolute Gasteiger partial charge is 0.497 e. The third-order valence-corrected chi connectivity index (χ3v) is 2.96. The van der Waals surface area contributed by atoms with Gasteiger partial charge in [0.25, 0.3) is 5.91 Å². The summed E-state index contributed by atoms with van der Waals surface area (Å²) in [6.07, 6.45) is 0.886. The number of amides is 1. The fraction of sp³-hybridized carbons (Fsp3) is 0.357. The molecular formula is C14H18N4O2. The summed E-state index contributed by atoms with van der Waals surface area (Å²) < 4.78 is 6.75. The Labute approximate surface area is 117 Å². The predicted octanol–water partition coefficient (Wildman–Crippen LogP) is 1.72. The van der Waals surface area contributed by atoms with E-state index in [1.165, 1.54) is 0 Å². The van der Waals surface area contributed by atoms with Gasteiger partial charge in [0, 0.05) is 6.54 Å². The third kappa shape index (κ3) is 2.79. The summed E-state index contributed by atoms with van der Waals surface area (Å²) in [5.74, 6) is 0.580. The molecule has 6 nitrogen and oxygen atoms in total. The molecule has 0 unspecified atom stereocenters. The number of hydrogen-bond acceptors (Lipinski definition) is 4. The molecule has 1 heterocycles. The molecule has 0 aliphatic heterocycles. The highest BCUT2D eigenvalue weighted by atomic mass is 16.5. The Balaban J connectivity index is 2.25. The number of aromatic nitrogens is 3. The molecule has 0 aliphatic rings. The maximum Gasteiger partial charge on any atom is 0.273 e. The lowest BCUT2D eigenvalue weighted by Gasteiger charge is -2.05. The minimum absolute atomic E-state index is 0.191. The molecule has 0 radical (unpaired) electrons. The van der Waals surface area contributed by atoms with Gasteiger partial charge in [0.15, 0.2) is 5.69 Å². The van der Waals surface area contributed by atoms with Gasteiger partial charge in [0.05, 0.1) is 18.5 Å². The van der Waals surface area contributed by atoms with E-state index in [0.29, 0.717) is 17.9 Å². The van der Waals surface area contributed by atoms with Crippen molar-refractivity contribution in [2.75, 3.05) is 13.7 Å². The van der Waals surface area contributed by atoms with Crippen LogP contribution in [0.5, 0.6) is 5.75 Å². The topological polar surface area (TPSA) is 69.0 Å². The maximum absolute atomic E-state index is 11.9. The summed E-state index contributed by atoms with van der Waals surface area (Å²) >= 11 is 0. The van der Waals surface area contributed by atoms with Crippen molar-refractivity contribution >= 4 is 5.91 Å². The molecule has 0 spiro atoms. The normalized spacial score (nSPS) is 10.3. The smallest absolute Gasteiger partial charge is 0.273 e. The Kier molecular flexibility index (Phi) is 4.34. The number of nitrogens with one attached hydrogen (secondary N) is 1. The Morgan fingerprint density at radius 3 is 2.65 bits per heavy atom. The van der Waals surface area contributed by atoms with Gasteiger partial charge in [0.2, 0.25) is 0 Å². The van der Waals surface area contributed by atoms with Crippen LogP contribution in [0.1, 0.15) is 29.5 Å². The predicted molar refractivity (Wildman–Crippen MR) is 75.3 cm³/mol. The number of nitrogens with zero attached hydrogens (tertiary/aromatic N) is 3. The van der Waals surface area contributed by atoms with Crippen molar-refractivity contribution in [3.05, 3.63) is 35.7 Å². The molecule has 0 saturated carbocycles. The average Bonchev–Trinajstić information content (AvgIpc) is 2.86. The molecule has 0 atom stereocenters. The van der Waals surface area contributed by atoms with Crippen LogP contribution in [0.4, 0.5) is 0 Å². The van der Waals surface area contributed by atoms with E-state index in [-0.39, 0.29) is 5.91 Å². The summed E-state index contributed by atoms with van der Waals surface area (Å²) in [4.78, 5) is 11.9. The second-order valence-electron chi connectivity index (χ2n) is 4.39. The van der Waals surface area contributed by atoms with Gasteiger partial charge >= 0.3 is 0 Å². The quantitative estimate of drug-likeness (QED) is 0.901. The van der Waals surface area contributed by atoms with E-state index in [1.54, 1.807) is 11.8 Å². The summed E-state index contributed by atoms with van der Waals surface area (Å²) in [6, 6.07) is 7.42. The number of hydrogen-bond donors (Lipinski definition) is 1. The first-order valence-electron chi connectivity index (χ1n) is 6.52. The third-order valence-electron chi connectivity index (χ3n) is 2.96. The average molecular weight is 274 g/mol. The molecule has 1 amide bonds. The molecule has 1 N–H and O–H groups in total. The van der Waals surface area contributed by atoms with Crippen LogP contribution in [-0.4, -0.2) is 34.6 Å². The standard InChI is InChI=1S/C14H18N4O2/c1-4-9-15-14(19)13-10(2)18(17-16-13)11-5-7-12(20-3)8-6-11/h5-8H,4,9H2,1-3H3,(H,15,19). The zero-order valence-electron chi connectivity index (χ0n) is 11.9. The van der Waals surface area contributed by atoms with E-state index < -0.39 is 0 Å². The second kappa shape index (κ2) is 6.18. The molecule has 6 heteroatoms. The Bertz CT molecular complexity index is 590. The van der Waals surface area contributed by atoms with Crippen LogP contribution in [0, 0.1) is 6.92 Å². The lowest BCUT2D eigenvalue weighted by molar-refractivity contribution is 0.0948.